The van der Waals surface area contributed by atoms with Crippen LogP contribution in [0.3, 0.4) is 0 Å². The zero-order chi connectivity index (χ0) is 20.3. The van der Waals surface area contributed by atoms with Gasteiger partial charge in [0.2, 0.25) is 11.2 Å². The zero-order valence-electron chi connectivity index (χ0n) is 16.0. The Morgan fingerprint density at radius 1 is 1.00 bits per heavy atom. The predicted octanol–water partition coefficient (Wildman–Crippen LogP) is 3.84. The van der Waals surface area contributed by atoms with E-state index in [1.807, 2.05) is 0 Å². The summed E-state index contributed by atoms with van der Waals surface area (Å²) in [5.41, 5.74) is 0.0290. The largest absolute Gasteiger partial charge is 0.497 e. The number of methoxy groups -OCH3 is 2. The van der Waals surface area contributed by atoms with Crippen molar-refractivity contribution in [3.63, 3.8) is 0 Å². The molecular formula is C21H20O7. The Bertz CT molecular complexity index is 1050. The summed E-state index contributed by atoms with van der Waals surface area (Å²) < 4.78 is 26.8. The lowest BCUT2D eigenvalue weighted by molar-refractivity contribution is -0.147. The average Bonchev–Trinajstić information content (AvgIpc) is 2.70. The topological polar surface area (TPSA) is 84.2 Å². The van der Waals surface area contributed by atoms with Crippen molar-refractivity contribution in [2.24, 2.45) is 0 Å². The fourth-order valence-corrected chi connectivity index (χ4v) is 2.64. The van der Waals surface area contributed by atoms with Crippen LogP contribution in [0.1, 0.15) is 12.7 Å². The number of carbonyl (C=O) groups is 1. The number of benzene rings is 2. The number of rotatable bonds is 6. The molecule has 0 radical (unpaired) electrons. The second-order valence-electron chi connectivity index (χ2n) is 6.04. The summed E-state index contributed by atoms with van der Waals surface area (Å²) in [5.74, 6) is 1.49. The Hall–Kier alpha value is -3.48. The first-order valence-corrected chi connectivity index (χ1v) is 8.56. The van der Waals surface area contributed by atoms with Crippen molar-refractivity contribution in [3.05, 3.63) is 58.4 Å². The summed E-state index contributed by atoms with van der Waals surface area (Å²) in [5, 5.41) is 0.340. The summed E-state index contributed by atoms with van der Waals surface area (Å²) in [6.45, 7) is 3.22. The fourth-order valence-electron chi connectivity index (χ4n) is 2.64. The molecule has 2 aromatic carbocycles. The van der Waals surface area contributed by atoms with Gasteiger partial charge in [-0.05, 0) is 50.2 Å². The number of aryl methyl sites for hydroxylation is 1. The van der Waals surface area contributed by atoms with E-state index in [1.165, 1.54) is 7.11 Å². The summed E-state index contributed by atoms with van der Waals surface area (Å²) in [7, 11) is 2.86. The molecule has 0 spiro atoms. The molecule has 0 amide bonds. The maximum Gasteiger partial charge on any atom is 0.346 e. The lowest BCUT2D eigenvalue weighted by atomic mass is 10.2. The second-order valence-corrected chi connectivity index (χ2v) is 6.04. The molecule has 3 aromatic rings. The van der Waals surface area contributed by atoms with Crippen molar-refractivity contribution in [1.29, 1.82) is 0 Å². The minimum Gasteiger partial charge on any atom is -0.497 e. The van der Waals surface area contributed by atoms with Gasteiger partial charge in [-0.15, -0.1) is 0 Å². The molecule has 1 aromatic heterocycles. The maximum absolute atomic E-state index is 12.8. The van der Waals surface area contributed by atoms with Gasteiger partial charge in [-0.1, -0.05) is 0 Å². The zero-order valence-corrected chi connectivity index (χ0v) is 16.0. The van der Waals surface area contributed by atoms with Crippen molar-refractivity contribution >= 4 is 16.9 Å². The third-order valence-electron chi connectivity index (χ3n) is 4.11. The molecule has 7 heteroatoms. The molecule has 0 N–H and O–H groups in total. The molecule has 146 valence electrons. The summed E-state index contributed by atoms with van der Waals surface area (Å²) in [6.07, 6.45) is -0.784. The van der Waals surface area contributed by atoms with Crippen LogP contribution in [0.4, 0.5) is 0 Å². The quantitative estimate of drug-likeness (QED) is 0.597. The Labute approximate surface area is 161 Å². The number of hydrogen-bond donors (Lipinski definition) is 0. The predicted molar refractivity (Wildman–Crippen MR) is 102 cm³/mol. The fraction of sp³-hybridized carbons (Fsp3) is 0.238. The van der Waals surface area contributed by atoms with E-state index in [2.05, 4.69) is 4.74 Å². The van der Waals surface area contributed by atoms with Crippen LogP contribution in [0.2, 0.25) is 0 Å². The van der Waals surface area contributed by atoms with Crippen molar-refractivity contribution in [2.45, 2.75) is 20.0 Å². The first-order chi connectivity index (χ1) is 13.4. The lowest BCUT2D eigenvalue weighted by Crippen LogP contribution is -2.24. The molecule has 0 aliphatic rings. The smallest absolute Gasteiger partial charge is 0.346 e. The molecular weight excluding hydrogens is 364 g/mol. The van der Waals surface area contributed by atoms with Crippen molar-refractivity contribution < 1.29 is 28.2 Å². The molecule has 0 fully saturated rings. The van der Waals surface area contributed by atoms with Gasteiger partial charge in [-0.3, -0.25) is 4.79 Å². The standard InChI is InChI=1S/C21H20O7/c1-12-20(28-15-7-5-14(24-3)6-8-15)19(22)17-10-9-16(11-18(17)27-12)26-13(2)21(23)25-4/h5-11,13H,1-4H3/t13-/m0/s1. The Morgan fingerprint density at radius 2 is 1.64 bits per heavy atom. The first kappa shape index (κ1) is 19.3. The van der Waals surface area contributed by atoms with Gasteiger partial charge in [0.1, 0.15) is 28.6 Å². The van der Waals surface area contributed by atoms with Gasteiger partial charge in [0.25, 0.3) is 0 Å². The van der Waals surface area contributed by atoms with Crippen molar-refractivity contribution in [3.8, 4) is 23.0 Å². The highest BCUT2D eigenvalue weighted by Crippen LogP contribution is 2.28. The van der Waals surface area contributed by atoms with E-state index in [9.17, 15) is 9.59 Å². The molecule has 0 saturated heterocycles. The monoisotopic (exact) mass is 384 g/mol. The van der Waals surface area contributed by atoms with E-state index in [4.69, 9.17) is 18.6 Å². The minimum atomic E-state index is -0.784. The van der Waals surface area contributed by atoms with Gasteiger partial charge in [-0.25, -0.2) is 4.79 Å². The Balaban J connectivity index is 1.92. The molecule has 0 unspecified atom stereocenters. The first-order valence-electron chi connectivity index (χ1n) is 8.56. The molecule has 0 saturated carbocycles. The van der Waals surface area contributed by atoms with Crippen LogP contribution in [0.15, 0.2) is 51.7 Å². The van der Waals surface area contributed by atoms with E-state index >= 15 is 0 Å². The summed E-state index contributed by atoms with van der Waals surface area (Å²) in [4.78, 5) is 24.3. The minimum absolute atomic E-state index is 0.106. The molecule has 7 nitrogen and oxygen atoms in total. The molecule has 0 aliphatic carbocycles. The Kier molecular flexibility index (Phi) is 5.54. The average molecular weight is 384 g/mol. The van der Waals surface area contributed by atoms with E-state index in [0.717, 1.165) is 0 Å². The van der Waals surface area contributed by atoms with Gasteiger partial charge >= 0.3 is 5.97 Å². The van der Waals surface area contributed by atoms with Crippen LogP contribution in [0.5, 0.6) is 23.0 Å². The molecule has 28 heavy (non-hydrogen) atoms. The van der Waals surface area contributed by atoms with E-state index in [1.54, 1.807) is 63.4 Å². The SMILES string of the molecule is COC(=O)[C@H](C)Oc1ccc2c(=O)c(Oc3ccc(OC)cc3)c(C)oc2c1. The summed E-state index contributed by atoms with van der Waals surface area (Å²) in [6, 6.07) is 11.6. The van der Waals surface area contributed by atoms with Gasteiger partial charge in [0, 0.05) is 6.07 Å². The van der Waals surface area contributed by atoms with Crippen LogP contribution < -0.4 is 19.6 Å². The molecule has 3 rings (SSSR count). The maximum atomic E-state index is 12.8. The van der Waals surface area contributed by atoms with Crippen LogP contribution in [0, 0.1) is 6.92 Å². The Morgan fingerprint density at radius 3 is 2.29 bits per heavy atom. The molecule has 0 aliphatic heterocycles. The van der Waals surface area contributed by atoms with Crippen LogP contribution in [-0.2, 0) is 9.53 Å². The molecule has 1 atom stereocenters. The van der Waals surface area contributed by atoms with Gasteiger partial charge < -0.3 is 23.4 Å². The van der Waals surface area contributed by atoms with E-state index < -0.39 is 12.1 Å². The third-order valence-corrected chi connectivity index (χ3v) is 4.11. The lowest BCUT2D eigenvalue weighted by Gasteiger charge is -2.13. The molecule has 1 heterocycles. The summed E-state index contributed by atoms with van der Waals surface area (Å²) >= 11 is 0. The number of hydrogen-bond acceptors (Lipinski definition) is 7. The van der Waals surface area contributed by atoms with Gasteiger partial charge in [0.05, 0.1) is 19.6 Å². The number of ether oxygens (including phenoxy) is 4. The van der Waals surface area contributed by atoms with Crippen LogP contribution in [0.25, 0.3) is 11.0 Å². The number of esters is 1. The molecule has 0 bridgehead atoms. The third kappa shape index (κ3) is 3.93. The van der Waals surface area contributed by atoms with Crippen LogP contribution in [-0.4, -0.2) is 26.3 Å². The van der Waals surface area contributed by atoms with Gasteiger partial charge in [0.15, 0.2) is 6.10 Å². The van der Waals surface area contributed by atoms with Crippen LogP contribution >= 0.6 is 0 Å². The second kappa shape index (κ2) is 8.04. The van der Waals surface area contributed by atoms with Crippen molar-refractivity contribution in [1.82, 2.24) is 0 Å². The van der Waals surface area contributed by atoms with Crippen molar-refractivity contribution in [2.75, 3.05) is 14.2 Å². The number of fused-ring (bicyclic) bond motifs is 1. The number of carbonyl (C=O) groups excluding carboxylic acids is 1. The highest BCUT2D eigenvalue weighted by molar-refractivity contribution is 5.80. The normalized spacial score (nSPS) is 11.7. The van der Waals surface area contributed by atoms with Gasteiger partial charge in [-0.2, -0.15) is 0 Å². The highest BCUT2D eigenvalue weighted by Gasteiger charge is 2.17. The van der Waals surface area contributed by atoms with E-state index in [-0.39, 0.29) is 11.2 Å². The van der Waals surface area contributed by atoms with E-state index in [0.29, 0.717) is 34.0 Å². The highest BCUT2D eigenvalue weighted by atomic mass is 16.6.